The molecule has 1 aromatic heterocycles. The molecule has 0 saturated carbocycles. The average molecular weight is 494 g/mol. The van der Waals surface area contributed by atoms with E-state index in [0.29, 0.717) is 11.4 Å². The van der Waals surface area contributed by atoms with Gasteiger partial charge >= 0.3 is 6.09 Å². The fourth-order valence-electron chi connectivity index (χ4n) is 4.80. The molecule has 2 amide bonds. The van der Waals surface area contributed by atoms with Gasteiger partial charge in [0.15, 0.2) is 12.3 Å². The van der Waals surface area contributed by atoms with Crippen molar-refractivity contribution in [2.24, 2.45) is 5.92 Å². The van der Waals surface area contributed by atoms with Crippen LogP contribution in [0.5, 0.6) is 0 Å². The summed E-state index contributed by atoms with van der Waals surface area (Å²) in [6.07, 6.45) is 6.15. The topological polar surface area (TPSA) is 98.6 Å². The number of nitrogens with one attached hydrogen (secondary N) is 1. The van der Waals surface area contributed by atoms with Gasteiger partial charge in [0.05, 0.1) is 30.4 Å². The second-order valence-electron chi connectivity index (χ2n) is 9.74. The van der Waals surface area contributed by atoms with E-state index in [9.17, 15) is 9.59 Å². The van der Waals surface area contributed by atoms with E-state index < -0.39 is 6.09 Å². The van der Waals surface area contributed by atoms with Crippen molar-refractivity contribution >= 4 is 17.7 Å². The van der Waals surface area contributed by atoms with Gasteiger partial charge in [0.2, 0.25) is 5.91 Å². The number of benzene rings is 1. The number of hydrogen-bond acceptors (Lipinski definition) is 6. The highest BCUT2D eigenvalue weighted by atomic mass is 16.5. The SMILES string of the molecule is Cc1cccc(NC(=O)OCC#Cc2cn([C@H](C)C[C@@H]3CC[C@H]([C@@H](C)C(=O)N4CCCC4)O3)nn2)c1. The number of nitrogens with zero attached hydrogens (tertiary/aromatic N) is 4. The standard InChI is InChI=1S/C27H35N5O4/c1-19-8-6-9-22(16-19)28-27(34)35-15-7-10-23-18-32(30-29-23)20(2)17-24-11-12-25(36-24)21(3)26(33)31-13-4-5-14-31/h6,8-9,16,18,20-21,24-25H,4-5,11-15,17H2,1-3H3,(H,28,34)/t20-,21-,24+,25-/m1/s1. The third-order valence-corrected chi connectivity index (χ3v) is 6.83. The number of anilines is 1. The number of aromatic nitrogens is 3. The molecular weight excluding hydrogens is 458 g/mol. The van der Waals surface area contributed by atoms with Crippen LogP contribution in [0.15, 0.2) is 30.5 Å². The average Bonchev–Trinajstić information content (AvgIpc) is 3.63. The highest BCUT2D eigenvalue weighted by Gasteiger charge is 2.36. The van der Waals surface area contributed by atoms with Crippen LogP contribution in [-0.4, -0.2) is 63.8 Å². The molecule has 2 aromatic rings. The Morgan fingerprint density at radius 1 is 1.25 bits per heavy atom. The minimum Gasteiger partial charge on any atom is -0.436 e. The van der Waals surface area contributed by atoms with Crippen molar-refractivity contribution in [3.63, 3.8) is 0 Å². The van der Waals surface area contributed by atoms with E-state index in [-0.39, 0.29) is 36.7 Å². The number of carbonyl (C=O) groups excluding carboxylic acids is 2. The van der Waals surface area contributed by atoms with E-state index in [4.69, 9.17) is 9.47 Å². The van der Waals surface area contributed by atoms with Crippen LogP contribution >= 0.6 is 0 Å². The number of likely N-dealkylation sites (tertiary alicyclic amines) is 1. The smallest absolute Gasteiger partial charge is 0.412 e. The van der Waals surface area contributed by atoms with Crippen LogP contribution in [0.2, 0.25) is 0 Å². The molecule has 1 aromatic carbocycles. The molecule has 4 atom stereocenters. The second kappa shape index (κ2) is 12.0. The number of amides is 2. The van der Waals surface area contributed by atoms with Crippen LogP contribution < -0.4 is 5.32 Å². The third-order valence-electron chi connectivity index (χ3n) is 6.83. The number of rotatable bonds is 7. The van der Waals surface area contributed by atoms with Gasteiger partial charge in [-0.15, -0.1) is 5.10 Å². The summed E-state index contributed by atoms with van der Waals surface area (Å²) >= 11 is 0. The van der Waals surface area contributed by atoms with Gasteiger partial charge in [-0.1, -0.05) is 30.2 Å². The lowest BCUT2D eigenvalue weighted by atomic mass is 9.99. The number of ether oxygens (including phenoxy) is 2. The Kier molecular flexibility index (Phi) is 8.60. The third kappa shape index (κ3) is 6.85. The van der Waals surface area contributed by atoms with E-state index in [1.165, 1.54) is 0 Å². The first-order chi connectivity index (χ1) is 17.4. The number of carbonyl (C=O) groups is 2. The number of hydrogen-bond donors (Lipinski definition) is 1. The fraction of sp³-hybridized carbons (Fsp3) is 0.556. The van der Waals surface area contributed by atoms with Crippen molar-refractivity contribution in [1.82, 2.24) is 19.9 Å². The van der Waals surface area contributed by atoms with Crippen LogP contribution in [0.4, 0.5) is 10.5 Å². The molecule has 4 rings (SSSR count). The summed E-state index contributed by atoms with van der Waals surface area (Å²) in [6, 6.07) is 7.55. The van der Waals surface area contributed by atoms with Crippen molar-refractivity contribution in [3.8, 4) is 11.8 Å². The molecule has 192 valence electrons. The lowest BCUT2D eigenvalue weighted by Crippen LogP contribution is -2.38. The van der Waals surface area contributed by atoms with E-state index >= 15 is 0 Å². The summed E-state index contributed by atoms with van der Waals surface area (Å²) in [7, 11) is 0. The second-order valence-corrected chi connectivity index (χ2v) is 9.74. The predicted octanol–water partition coefficient (Wildman–Crippen LogP) is 3.94. The van der Waals surface area contributed by atoms with Gasteiger partial charge in [0.25, 0.3) is 0 Å². The van der Waals surface area contributed by atoms with Crippen LogP contribution in [0, 0.1) is 24.7 Å². The first-order valence-corrected chi connectivity index (χ1v) is 12.7. The molecule has 9 heteroatoms. The lowest BCUT2D eigenvalue weighted by Gasteiger charge is -2.25. The summed E-state index contributed by atoms with van der Waals surface area (Å²) in [5, 5.41) is 11.0. The molecule has 0 unspecified atom stereocenters. The molecular formula is C27H35N5O4. The van der Waals surface area contributed by atoms with Crippen molar-refractivity contribution in [3.05, 3.63) is 41.7 Å². The molecule has 3 heterocycles. The van der Waals surface area contributed by atoms with Crippen molar-refractivity contribution in [1.29, 1.82) is 0 Å². The Balaban J connectivity index is 1.20. The quantitative estimate of drug-likeness (QED) is 0.587. The Hall–Kier alpha value is -3.38. The van der Waals surface area contributed by atoms with Crippen LogP contribution in [0.1, 0.15) is 63.3 Å². The summed E-state index contributed by atoms with van der Waals surface area (Å²) in [6.45, 7) is 7.72. The minimum atomic E-state index is -0.557. The van der Waals surface area contributed by atoms with Crippen LogP contribution in [-0.2, 0) is 14.3 Å². The molecule has 0 spiro atoms. The van der Waals surface area contributed by atoms with Crippen LogP contribution in [0.3, 0.4) is 0 Å². The van der Waals surface area contributed by atoms with Gasteiger partial charge in [0, 0.05) is 18.8 Å². The zero-order valence-electron chi connectivity index (χ0n) is 21.3. The molecule has 0 radical (unpaired) electrons. The Morgan fingerprint density at radius 3 is 2.83 bits per heavy atom. The molecule has 0 aliphatic carbocycles. The summed E-state index contributed by atoms with van der Waals surface area (Å²) in [5.74, 6) is 5.80. The van der Waals surface area contributed by atoms with Crippen molar-refractivity contribution in [2.75, 3.05) is 25.0 Å². The first-order valence-electron chi connectivity index (χ1n) is 12.7. The van der Waals surface area contributed by atoms with Gasteiger partial charge in [-0.3, -0.25) is 10.1 Å². The zero-order chi connectivity index (χ0) is 25.5. The molecule has 1 N–H and O–H groups in total. The summed E-state index contributed by atoms with van der Waals surface area (Å²) in [5.41, 5.74) is 2.24. The monoisotopic (exact) mass is 493 g/mol. The maximum Gasteiger partial charge on any atom is 0.412 e. The van der Waals surface area contributed by atoms with Gasteiger partial charge in [0.1, 0.15) is 0 Å². The highest BCUT2D eigenvalue weighted by Crippen LogP contribution is 2.31. The number of aryl methyl sites for hydroxylation is 1. The molecule has 0 bridgehead atoms. The van der Waals surface area contributed by atoms with E-state index in [1.807, 2.05) is 36.9 Å². The fourth-order valence-corrected chi connectivity index (χ4v) is 4.80. The van der Waals surface area contributed by atoms with Gasteiger partial charge in [-0.2, -0.15) is 0 Å². The first kappa shape index (κ1) is 25.7. The molecule has 2 fully saturated rings. The minimum absolute atomic E-state index is 0.0180. The van der Waals surface area contributed by atoms with Gasteiger partial charge < -0.3 is 14.4 Å². The maximum atomic E-state index is 12.7. The van der Waals surface area contributed by atoms with E-state index in [0.717, 1.165) is 50.8 Å². The molecule has 2 aliphatic heterocycles. The predicted molar refractivity (Wildman–Crippen MR) is 135 cm³/mol. The molecule has 2 saturated heterocycles. The normalized spacial score (nSPS) is 20.9. The summed E-state index contributed by atoms with van der Waals surface area (Å²) < 4.78 is 13.2. The van der Waals surface area contributed by atoms with Crippen molar-refractivity contribution in [2.45, 2.75) is 71.1 Å². The molecule has 2 aliphatic rings. The lowest BCUT2D eigenvalue weighted by molar-refractivity contribution is -0.138. The largest absolute Gasteiger partial charge is 0.436 e. The molecule has 9 nitrogen and oxygen atoms in total. The zero-order valence-corrected chi connectivity index (χ0v) is 21.3. The van der Waals surface area contributed by atoms with Crippen LogP contribution in [0.25, 0.3) is 0 Å². The van der Waals surface area contributed by atoms with Crippen molar-refractivity contribution < 1.29 is 19.1 Å². The van der Waals surface area contributed by atoms with E-state index in [2.05, 4.69) is 34.4 Å². The Bertz CT molecular complexity index is 1110. The van der Waals surface area contributed by atoms with E-state index in [1.54, 1.807) is 16.9 Å². The Labute approximate surface area is 212 Å². The summed E-state index contributed by atoms with van der Waals surface area (Å²) in [4.78, 5) is 26.6. The highest BCUT2D eigenvalue weighted by molar-refractivity contribution is 5.84. The molecule has 36 heavy (non-hydrogen) atoms. The maximum absolute atomic E-state index is 12.7. The van der Waals surface area contributed by atoms with Gasteiger partial charge in [-0.05, 0) is 69.6 Å². The Morgan fingerprint density at radius 2 is 2.06 bits per heavy atom. The van der Waals surface area contributed by atoms with Gasteiger partial charge in [-0.25, -0.2) is 9.48 Å².